The van der Waals surface area contributed by atoms with Crippen molar-refractivity contribution < 1.29 is 22.7 Å². The first-order valence-electron chi connectivity index (χ1n) is 8.84. The molecule has 2 rings (SSSR count). The molecule has 1 aromatic rings. The zero-order chi connectivity index (χ0) is 19.3. The van der Waals surface area contributed by atoms with Gasteiger partial charge in [-0.25, -0.2) is 8.42 Å². The summed E-state index contributed by atoms with van der Waals surface area (Å²) < 4.78 is 32.4. The van der Waals surface area contributed by atoms with Crippen molar-refractivity contribution in [3.05, 3.63) is 29.8 Å². The summed E-state index contributed by atoms with van der Waals surface area (Å²) in [5.74, 6) is -1.08. The van der Waals surface area contributed by atoms with Gasteiger partial charge in [-0.15, -0.1) is 0 Å². The topological polar surface area (TPSA) is 92.8 Å². The second-order valence-corrected chi connectivity index (χ2v) is 8.30. The molecule has 0 aliphatic carbocycles. The van der Waals surface area contributed by atoms with Crippen LogP contribution in [0.15, 0.2) is 29.2 Å². The van der Waals surface area contributed by atoms with Gasteiger partial charge in [0.2, 0.25) is 10.0 Å². The molecule has 1 saturated heterocycles. The lowest BCUT2D eigenvalue weighted by Gasteiger charge is -2.33. The number of benzene rings is 1. The maximum atomic E-state index is 13.0. The number of likely N-dealkylation sites (N-methyl/N-ethyl adjacent to an activating group) is 1. The summed E-state index contributed by atoms with van der Waals surface area (Å²) in [4.78, 5) is 24.5. The molecule has 0 radical (unpaired) electrons. The van der Waals surface area contributed by atoms with Crippen molar-refractivity contribution in [1.82, 2.24) is 9.62 Å². The molecule has 0 aromatic heterocycles. The van der Waals surface area contributed by atoms with Crippen molar-refractivity contribution in [2.45, 2.75) is 57.1 Å². The van der Waals surface area contributed by atoms with Crippen LogP contribution < -0.4 is 5.32 Å². The van der Waals surface area contributed by atoms with E-state index in [9.17, 15) is 18.0 Å². The van der Waals surface area contributed by atoms with Crippen LogP contribution >= 0.6 is 0 Å². The number of nitrogens with one attached hydrogen (secondary N) is 1. The number of esters is 1. The highest BCUT2D eigenvalue weighted by atomic mass is 32.2. The predicted octanol–water partition coefficient (Wildman–Crippen LogP) is 1.61. The number of hydrogen-bond acceptors (Lipinski definition) is 5. The number of piperidine rings is 1. The summed E-state index contributed by atoms with van der Waals surface area (Å²) in [6.07, 6.45) is 0.829. The van der Waals surface area contributed by atoms with Crippen molar-refractivity contribution in [2.24, 2.45) is 0 Å². The Bertz CT molecular complexity index is 745. The van der Waals surface area contributed by atoms with Crippen LogP contribution in [0.2, 0.25) is 0 Å². The van der Waals surface area contributed by atoms with Crippen molar-refractivity contribution in [1.29, 1.82) is 0 Å². The molecule has 1 fully saturated rings. The smallest absolute Gasteiger partial charge is 0.325 e. The first kappa shape index (κ1) is 20.4. The fraction of sp³-hybridized carbons (Fsp3) is 0.556. The molecular formula is C18H26N2O5S. The summed E-state index contributed by atoms with van der Waals surface area (Å²) >= 11 is 0. The molecule has 144 valence electrons. The van der Waals surface area contributed by atoms with Crippen LogP contribution in [0.3, 0.4) is 0 Å². The minimum atomic E-state index is -3.81. The average Bonchev–Trinajstić information content (AvgIpc) is 2.62. The number of ether oxygens (including phenoxy) is 1. The van der Waals surface area contributed by atoms with Gasteiger partial charge in [0.05, 0.1) is 4.90 Å². The molecule has 0 bridgehead atoms. The Hall–Kier alpha value is -1.93. The number of carbonyl (C=O) groups excluding carboxylic acids is 2. The van der Waals surface area contributed by atoms with Gasteiger partial charge in [0.25, 0.3) is 5.91 Å². The van der Waals surface area contributed by atoms with Gasteiger partial charge in [-0.1, -0.05) is 17.7 Å². The van der Waals surface area contributed by atoms with Gasteiger partial charge in [-0.05, 0) is 52.2 Å². The lowest BCUT2D eigenvalue weighted by Crippen LogP contribution is -2.50. The van der Waals surface area contributed by atoms with Gasteiger partial charge in [0.15, 0.2) is 6.10 Å². The molecule has 0 saturated carbocycles. The van der Waals surface area contributed by atoms with Crippen LogP contribution in [0, 0.1) is 6.92 Å². The molecule has 1 N–H and O–H groups in total. The van der Waals surface area contributed by atoms with Crippen LogP contribution in [0.1, 0.15) is 38.7 Å². The van der Waals surface area contributed by atoms with E-state index in [1.54, 1.807) is 31.2 Å². The lowest BCUT2D eigenvalue weighted by molar-refractivity contribution is -0.159. The zero-order valence-corrected chi connectivity index (χ0v) is 16.2. The highest BCUT2D eigenvalue weighted by Crippen LogP contribution is 2.26. The molecule has 1 aromatic carbocycles. The Morgan fingerprint density at radius 1 is 1.27 bits per heavy atom. The summed E-state index contributed by atoms with van der Waals surface area (Å²) in [5.41, 5.74) is 0.953. The molecule has 0 spiro atoms. The van der Waals surface area contributed by atoms with Crippen LogP contribution in [0.4, 0.5) is 0 Å². The minimum Gasteiger partial charge on any atom is -0.451 e. The number of sulfonamides is 1. The molecule has 26 heavy (non-hydrogen) atoms. The van der Waals surface area contributed by atoms with Gasteiger partial charge in [0, 0.05) is 13.1 Å². The quantitative estimate of drug-likeness (QED) is 0.755. The third-order valence-corrected chi connectivity index (χ3v) is 6.29. The van der Waals surface area contributed by atoms with Gasteiger partial charge in [-0.2, -0.15) is 4.31 Å². The molecule has 1 heterocycles. The third kappa shape index (κ3) is 4.62. The molecule has 8 heteroatoms. The van der Waals surface area contributed by atoms with Crippen molar-refractivity contribution >= 4 is 21.9 Å². The first-order chi connectivity index (χ1) is 12.3. The Morgan fingerprint density at radius 2 is 1.92 bits per heavy atom. The molecule has 2 atom stereocenters. The van der Waals surface area contributed by atoms with E-state index in [2.05, 4.69) is 5.32 Å². The number of amides is 1. The Morgan fingerprint density at radius 3 is 2.54 bits per heavy atom. The largest absolute Gasteiger partial charge is 0.451 e. The van der Waals surface area contributed by atoms with Crippen molar-refractivity contribution in [2.75, 3.05) is 13.1 Å². The maximum Gasteiger partial charge on any atom is 0.325 e. The van der Waals surface area contributed by atoms with E-state index in [1.165, 1.54) is 11.2 Å². The monoisotopic (exact) mass is 382 g/mol. The number of rotatable bonds is 6. The minimum absolute atomic E-state index is 0.152. The molecule has 1 aliphatic heterocycles. The number of nitrogens with zero attached hydrogens (tertiary/aromatic N) is 1. The van der Waals surface area contributed by atoms with Gasteiger partial charge in [-0.3, -0.25) is 9.59 Å². The molecule has 1 aliphatic rings. The van der Waals surface area contributed by atoms with Crippen LogP contribution in [0.25, 0.3) is 0 Å². The Labute approximate surface area is 154 Å². The predicted molar refractivity (Wildman–Crippen MR) is 96.9 cm³/mol. The van der Waals surface area contributed by atoms with Gasteiger partial charge >= 0.3 is 5.97 Å². The summed E-state index contributed by atoms with van der Waals surface area (Å²) in [5, 5.41) is 2.58. The Kier molecular flexibility index (Phi) is 6.77. The highest BCUT2D eigenvalue weighted by molar-refractivity contribution is 7.89. The summed E-state index contributed by atoms with van der Waals surface area (Å²) in [7, 11) is -3.81. The Balaban J connectivity index is 2.19. The average molecular weight is 382 g/mol. The van der Waals surface area contributed by atoms with Crippen molar-refractivity contribution in [3.63, 3.8) is 0 Å². The third-order valence-electron chi connectivity index (χ3n) is 4.37. The summed E-state index contributed by atoms with van der Waals surface area (Å²) in [6.45, 7) is 5.80. The molecular weight excluding hydrogens is 356 g/mol. The molecule has 1 amide bonds. The number of carbonyl (C=O) groups is 2. The normalized spacial score (nSPS) is 19.6. The second kappa shape index (κ2) is 8.64. The number of aryl methyl sites for hydroxylation is 1. The van der Waals surface area contributed by atoms with Gasteiger partial charge < -0.3 is 10.1 Å². The zero-order valence-electron chi connectivity index (χ0n) is 15.4. The maximum absolute atomic E-state index is 13.0. The lowest BCUT2D eigenvalue weighted by atomic mass is 10.1. The molecule has 7 nitrogen and oxygen atoms in total. The van der Waals surface area contributed by atoms with E-state index in [1.807, 2.05) is 6.92 Å². The SMILES string of the molecule is CCNC(=O)[C@H](C)OC(=O)[C@H]1CCCCN1S(=O)(=O)c1ccc(C)cc1. The van der Waals surface area contributed by atoms with E-state index in [-0.39, 0.29) is 11.4 Å². The van der Waals surface area contributed by atoms with E-state index in [4.69, 9.17) is 4.74 Å². The number of hydrogen-bond donors (Lipinski definition) is 1. The molecule has 0 unspecified atom stereocenters. The first-order valence-corrected chi connectivity index (χ1v) is 10.3. The fourth-order valence-electron chi connectivity index (χ4n) is 2.90. The standard InChI is InChI=1S/C18H26N2O5S/c1-4-19-17(21)14(3)25-18(22)16-7-5-6-12-20(16)26(23,24)15-10-8-13(2)9-11-15/h8-11,14,16H,4-7,12H2,1-3H3,(H,19,21)/t14-,16+/m0/s1. The van der Waals surface area contributed by atoms with E-state index in [0.29, 0.717) is 19.4 Å². The van der Waals surface area contributed by atoms with E-state index >= 15 is 0 Å². The van der Waals surface area contributed by atoms with E-state index in [0.717, 1.165) is 12.0 Å². The van der Waals surface area contributed by atoms with Crippen LogP contribution in [-0.2, 0) is 24.3 Å². The fourth-order valence-corrected chi connectivity index (χ4v) is 4.54. The van der Waals surface area contributed by atoms with Crippen molar-refractivity contribution in [3.8, 4) is 0 Å². The highest BCUT2D eigenvalue weighted by Gasteiger charge is 2.39. The van der Waals surface area contributed by atoms with Crippen LogP contribution in [-0.4, -0.2) is 49.8 Å². The van der Waals surface area contributed by atoms with E-state index < -0.39 is 34.0 Å². The second-order valence-electron chi connectivity index (χ2n) is 6.41. The van der Waals surface area contributed by atoms with Gasteiger partial charge in [0.1, 0.15) is 6.04 Å². The van der Waals surface area contributed by atoms with Crippen LogP contribution in [0.5, 0.6) is 0 Å². The summed E-state index contributed by atoms with van der Waals surface area (Å²) in [6, 6.07) is 5.62.